The van der Waals surface area contributed by atoms with Crippen molar-refractivity contribution in [3.05, 3.63) is 72.9 Å². The Morgan fingerprint density at radius 3 is 0.985 bits per heavy atom. The summed E-state index contributed by atoms with van der Waals surface area (Å²) in [5.41, 5.74) is 0. The van der Waals surface area contributed by atoms with Crippen LogP contribution in [0, 0.1) is 0 Å². The third-order valence-electron chi connectivity index (χ3n) is 13.4. The van der Waals surface area contributed by atoms with Crippen LogP contribution in [0.1, 0.15) is 303 Å². The quantitative estimate of drug-likeness (QED) is 0.0420. The van der Waals surface area contributed by atoms with E-state index in [9.17, 15) is 15.0 Å². The van der Waals surface area contributed by atoms with Crippen LogP contribution >= 0.6 is 0 Å². The zero-order valence-electron chi connectivity index (χ0n) is 44.9. The average Bonchev–Trinajstić information content (AvgIpc) is 3.33. The van der Waals surface area contributed by atoms with Gasteiger partial charge in [-0.3, -0.25) is 4.79 Å². The summed E-state index contributed by atoms with van der Waals surface area (Å²) in [6.45, 7) is 4.22. The number of unbranched alkanes of at least 4 members (excludes halogenated alkanes) is 37. The van der Waals surface area contributed by atoms with E-state index in [1.165, 1.54) is 225 Å². The van der Waals surface area contributed by atoms with Crippen molar-refractivity contribution in [1.82, 2.24) is 5.32 Å². The number of amides is 1. The molecule has 0 aliphatic carbocycles. The highest BCUT2D eigenvalue weighted by Gasteiger charge is 2.18. The van der Waals surface area contributed by atoms with Crippen LogP contribution in [-0.2, 0) is 4.79 Å². The minimum atomic E-state index is -0.847. The van der Waals surface area contributed by atoms with Crippen molar-refractivity contribution in [1.29, 1.82) is 0 Å². The lowest BCUT2D eigenvalue weighted by Gasteiger charge is -2.20. The summed E-state index contributed by atoms with van der Waals surface area (Å²) >= 11 is 0. The van der Waals surface area contributed by atoms with Gasteiger partial charge in [0.05, 0.1) is 18.8 Å². The molecular weight excluding hydrogens is 819 g/mol. The van der Waals surface area contributed by atoms with E-state index in [0.29, 0.717) is 6.42 Å². The molecule has 390 valence electrons. The van der Waals surface area contributed by atoms with Crippen LogP contribution in [-0.4, -0.2) is 34.9 Å². The lowest BCUT2D eigenvalue weighted by molar-refractivity contribution is -0.123. The second-order valence-corrected chi connectivity index (χ2v) is 20.0. The first-order valence-electron chi connectivity index (χ1n) is 29.7. The van der Waals surface area contributed by atoms with Gasteiger partial charge in [0, 0.05) is 6.42 Å². The van der Waals surface area contributed by atoms with E-state index in [1.807, 2.05) is 6.08 Å². The molecule has 0 aromatic carbocycles. The van der Waals surface area contributed by atoms with Crippen molar-refractivity contribution in [3.8, 4) is 0 Å². The molecule has 0 bridgehead atoms. The minimum absolute atomic E-state index is 0.0697. The molecule has 0 heterocycles. The maximum atomic E-state index is 12.5. The number of nitrogens with one attached hydrogen (secondary N) is 1. The van der Waals surface area contributed by atoms with Crippen LogP contribution < -0.4 is 5.32 Å². The molecule has 0 saturated heterocycles. The fourth-order valence-corrected chi connectivity index (χ4v) is 8.97. The van der Waals surface area contributed by atoms with Crippen LogP contribution in [0.2, 0.25) is 0 Å². The Kier molecular flexibility index (Phi) is 56.3. The van der Waals surface area contributed by atoms with Crippen LogP contribution in [0.3, 0.4) is 0 Å². The summed E-state index contributed by atoms with van der Waals surface area (Å²) in [5, 5.41) is 23.2. The predicted molar refractivity (Wildman–Crippen MR) is 299 cm³/mol. The standard InChI is InChI=1S/C63H115NO3/c1-3-5-7-9-11-13-15-17-19-21-23-25-27-29-30-31-32-33-35-36-38-40-42-44-46-48-50-52-54-56-58-62(66)61(60-65)64-63(67)59-57-55-53-51-49-47-45-43-41-39-37-34-28-26-24-22-20-18-16-14-12-10-8-6-4-2/h6,8,12,14,18,20,24,26,34,37,56,58,61-62,65-66H,3-5,7,9-11,13,15-17,19,21-23,25,27-33,35-36,38-55,57,59-60H2,1-2H3,(H,64,67)/b8-6-,14-12-,20-18-,26-24-,37-34-,58-56+. The average molecular weight is 935 g/mol. The topological polar surface area (TPSA) is 69.6 Å². The zero-order chi connectivity index (χ0) is 48.5. The Morgan fingerprint density at radius 2 is 0.657 bits per heavy atom. The van der Waals surface area contributed by atoms with Crippen LogP contribution in [0.25, 0.3) is 0 Å². The van der Waals surface area contributed by atoms with Gasteiger partial charge in [-0.2, -0.15) is 0 Å². The number of aliphatic hydroxyl groups is 2. The molecule has 2 unspecified atom stereocenters. The minimum Gasteiger partial charge on any atom is -0.394 e. The molecule has 0 spiro atoms. The number of hydrogen-bond acceptors (Lipinski definition) is 3. The van der Waals surface area contributed by atoms with Gasteiger partial charge in [-0.1, -0.05) is 305 Å². The molecule has 0 saturated carbocycles. The number of rotatable bonds is 54. The Labute approximate surface area is 419 Å². The molecule has 4 nitrogen and oxygen atoms in total. The molecule has 3 N–H and O–H groups in total. The fourth-order valence-electron chi connectivity index (χ4n) is 8.97. The molecule has 0 aromatic rings. The van der Waals surface area contributed by atoms with Crippen LogP contribution in [0.4, 0.5) is 0 Å². The van der Waals surface area contributed by atoms with Crippen molar-refractivity contribution >= 4 is 5.91 Å². The second kappa shape index (κ2) is 58.1. The lowest BCUT2D eigenvalue weighted by atomic mass is 10.0. The summed E-state index contributed by atoms with van der Waals surface area (Å²) in [5.74, 6) is -0.0697. The third kappa shape index (κ3) is 54.6. The number of aliphatic hydroxyl groups excluding tert-OH is 2. The Bertz CT molecular complexity index is 1150. The summed E-state index contributed by atoms with van der Waals surface area (Å²) < 4.78 is 0. The third-order valence-corrected chi connectivity index (χ3v) is 13.4. The summed E-state index contributed by atoms with van der Waals surface area (Å²) in [6.07, 6.45) is 83.6. The summed E-state index contributed by atoms with van der Waals surface area (Å²) in [6, 6.07) is -0.631. The molecular formula is C63H115NO3. The van der Waals surface area contributed by atoms with Gasteiger partial charge in [0.25, 0.3) is 0 Å². The maximum Gasteiger partial charge on any atom is 0.220 e. The van der Waals surface area contributed by atoms with Crippen molar-refractivity contribution in [3.63, 3.8) is 0 Å². The van der Waals surface area contributed by atoms with Gasteiger partial charge in [0.2, 0.25) is 5.91 Å². The number of carbonyl (C=O) groups excluding carboxylic acids is 1. The second-order valence-electron chi connectivity index (χ2n) is 20.0. The summed E-state index contributed by atoms with van der Waals surface area (Å²) in [4.78, 5) is 12.5. The molecule has 0 fully saturated rings. The van der Waals surface area contributed by atoms with Gasteiger partial charge < -0.3 is 15.5 Å². The Balaban J connectivity index is 3.50. The molecule has 0 rings (SSSR count). The first-order chi connectivity index (χ1) is 33.2. The van der Waals surface area contributed by atoms with Gasteiger partial charge in [0.1, 0.15) is 0 Å². The molecule has 1 amide bonds. The monoisotopic (exact) mass is 934 g/mol. The number of carbonyl (C=O) groups is 1. The SMILES string of the molecule is CC/C=C\C/C=C\C/C=C\C/C=C\C/C=C\CCCCCCCCCCCC(=O)NC(CO)C(O)/C=C/CCCCCCCCCCCCCCCCCCCCCCCCCCCCCC. The van der Waals surface area contributed by atoms with Crippen molar-refractivity contribution in [2.24, 2.45) is 0 Å². The molecule has 0 aromatic heterocycles. The normalized spacial score (nSPS) is 13.3. The van der Waals surface area contributed by atoms with E-state index in [4.69, 9.17) is 0 Å². The Hall–Kier alpha value is -2.17. The van der Waals surface area contributed by atoms with E-state index in [2.05, 4.69) is 79.9 Å². The highest BCUT2D eigenvalue weighted by atomic mass is 16.3. The van der Waals surface area contributed by atoms with E-state index in [-0.39, 0.29) is 12.5 Å². The molecule has 0 aliphatic rings. The first-order valence-corrected chi connectivity index (χ1v) is 29.7. The van der Waals surface area contributed by atoms with E-state index in [0.717, 1.165) is 57.8 Å². The van der Waals surface area contributed by atoms with E-state index >= 15 is 0 Å². The fraction of sp³-hybridized carbons (Fsp3) is 0.794. The van der Waals surface area contributed by atoms with Crippen LogP contribution in [0.5, 0.6) is 0 Å². The van der Waals surface area contributed by atoms with Crippen molar-refractivity contribution < 1.29 is 15.0 Å². The highest BCUT2D eigenvalue weighted by Crippen LogP contribution is 2.17. The molecule has 67 heavy (non-hydrogen) atoms. The van der Waals surface area contributed by atoms with E-state index in [1.54, 1.807) is 6.08 Å². The maximum absolute atomic E-state index is 12.5. The van der Waals surface area contributed by atoms with Crippen LogP contribution in [0.15, 0.2) is 72.9 Å². The van der Waals surface area contributed by atoms with Gasteiger partial charge >= 0.3 is 0 Å². The predicted octanol–water partition coefficient (Wildman–Crippen LogP) is 19.8. The van der Waals surface area contributed by atoms with Gasteiger partial charge in [-0.15, -0.1) is 0 Å². The van der Waals surface area contributed by atoms with Gasteiger partial charge in [0.15, 0.2) is 0 Å². The molecule has 2 atom stereocenters. The smallest absolute Gasteiger partial charge is 0.220 e. The van der Waals surface area contributed by atoms with Gasteiger partial charge in [-0.25, -0.2) is 0 Å². The molecule has 4 heteroatoms. The first kappa shape index (κ1) is 64.8. The van der Waals surface area contributed by atoms with E-state index < -0.39 is 12.1 Å². The molecule has 0 aliphatic heterocycles. The zero-order valence-corrected chi connectivity index (χ0v) is 44.9. The number of hydrogen-bond donors (Lipinski definition) is 3. The van der Waals surface area contributed by atoms with Gasteiger partial charge in [-0.05, 0) is 64.2 Å². The Morgan fingerprint density at radius 1 is 0.373 bits per heavy atom. The van der Waals surface area contributed by atoms with Crippen molar-refractivity contribution in [2.75, 3.05) is 6.61 Å². The largest absolute Gasteiger partial charge is 0.394 e. The molecule has 0 radical (unpaired) electrons. The highest BCUT2D eigenvalue weighted by molar-refractivity contribution is 5.76. The number of allylic oxidation sites excluding steroid dienone is 11. The van der Waals surface area contributed by atoms with Crippen molar-refractivity contribution in [2.45, 2.75) is 315 Å². The lowest BCUT2D eigenvalue weighted by Crippen LogP contribution is -2.45. The summed E-state index contributed by atoms with van der Waals surface area (Å²) in [7, 11) is 0.